The van der Waals surface area contributed by atoms with Crippen molar-refractivity contribution in [3.05, 3.63) is 117 Å². The van der Waals surface area contributed by atoms with Gasteiger partial charge >= 0.3 is 6.18 Å². The normalized spacial score (nSPS) is 13.7. The minimum atomic E-state index is -4.56. The number of hydrogen-bond donors (Lipinski definition) is 0. The molecule has 0 saturated heterocycles. The molecule has 6 nitrogen and oxygen atoms in total. The average Bonchev–Trinajstić information content (AvgIpc) is 2.87. The monoisotopic (exact) mass is 477 g/mol. The molecule has 0 atom stereocenters. The van der Waals surface area contributed by atoms with E-state index in [9.17, 15) is 18.0 Å². The minimum absolute atomic E-state index is 0.0273. The molecule has 0 spiro atoms. The van der Waals surface area contributed by atoms with Gasteiger partial charge in [-0.05, 0) is 30.5 Å². The first-order chi connectivity index (χ1) is 16.8. The van der Waals surface area contributed by atoms with E-state index in [-0.39, 0.29) is 24.1 Å². The third-order valence-electron chi connectivity index (χ3n) is 6.15. The molecule has 5 rings (SSSR count). The van der Waals surface area contributed by atoms with Gasteiger partial charge in [0.15, 0.2) is 0 Å². The molecule has 2 aromatic carbocycles. The molecule has 9 heteroatoms. The number of fused-ring (bicyclic) bond motifs is 1. The van der Waals surface area contributed by atoms with Gasteiger partial charge in [0.25, 0.3) is 5.56 Å². The molecule has 0 aliphatic carbocycles. The van der Waals surface area contributed by atoms with Gasteiger partial charge in [0.1, 0.15) is 11.5 Å². The van der Waals surface area contributed by atoms with Crippen LogP contribution in [-0.4, -0.2) is 26.1 Å². The van der Waals surface area contributed by atoms with Crippen LogP contribution < -0.4 is 10.5 Å². The quantitative estimate of drug-likeness (QED) is 0.431. The molecule has 0 N–H and O–H groups in total. The van der Waals surface area contributed by atoms with Crippen molar-refractivity contribution in [3.8, 4) is 0 Å². The van der Waals surface area contributed by atoms with Crippen molar-refractivity contribution in [2.75, 3.05) is 11.4 Å². The third-order valence-corrected chi connectivity index (χ3v) is 6.15. The van der Waals surface area contributed by atoms with Crippen molar-refractivity contribution in [2.24, 2.45) is 0 Å². The second-order valence-electron chi connectivity index (χ2n) is 8.39. The molecule has 35 heavy (non-hydrogen) atoms. The summed E-state index contributed by atoms with van der Waals surface area (Å²) in [6.45, 7) is 2.25. The Morgan fingerprint density at radius 3 is 2.14 bits per heavy atom. The van der Waals surface area contributed by atoms with E-state index in [1.54, 1.807) is 16.4 Å². The van der Waals surface area contributed by atoms with Crippen LogP contribution in [0.3, 0.4) is 0 Å². The van der Waals surface area contributed by atoms with Crippen LogP contribution in [0, 0.1) is 6.92 Å². The second-order valence-corrected chi connectivity index (χ2v) is 8.39. The predicted molar refractivity (Wildman–Crippen MR) is 125 cm³/mol. The largest absolute Gasteiger partial charge is 0.433 e. The zero-order chi connectivity index (χ0) is 24.6. The highest BCUT2D eigenvalue weighted by Crippen LogP contribution is 2.30. The van der Waals surface area contributed by atoms with Crippen LogP contribution in [0.25, 0.3) is 0 Å². The van der Waals surface area contributed by atoms with E-state index in [0.29, 0.717) is 30.0 Å². The number of alkyl halides is 3. The second kappa shape index (κ2) is 8.98. The molecular formula is C26H22F3N5O. The zero-order valence-corrected chi connectivity index (χ0v) is 18.9. The lowest BCUT2D eigenvalue weighted by molar-refractivity contribution is -0.141. The molecule has 0 unspecified atom stereocenters. The highest BCUT2D eigenvalue weighted by atomic mass is 19.4. The summed E-state index contributed by atoms with van der Waals surface area (Å²) in [4.78, 5) is 27.8. The Labute approximate surface area is 199 Å². The van der Waals surface area contributed by atoms with E-state index in [1.807, 2.05) is 60.7 Å². The number of nitrogens with zero attached hydrogens (tertiary/aromatic N) is 5. The van der Waals surface area contributed by atoms with Crippen LogP contribution in [0.1, 0.15) is 39.9 Å². The fraction of sp³-hybridized carbons (Fsp3) is 0.231. The van der Waals surface area contributed by atoms with Gasteiger partial charge in [-0.3, -0.25) is 9.36 Å². The molecular weight excluding hydrogens is 455 g/mol. The van der Waals surface area contributed by atoms with E-state index in [0.717, 1.165) is 23.4 Å². The topological polar surface area (TPSA) is 63.9 Å². The van der Waals surface area contributed by atoms with Gasteiger partial charge < -0.3 is 4.90 Å². The van der Waals surface area contributed by atoms with Gasteiger partial charge in [-0.25, -0.2) is 15.0 Å². The average molecular weight is 477 g/mol. The first kappa shape index (κ1) is 22.8. The number of hydrogen-bond acceptors (Lipinski definition) is 5. The molecule has 0 saturated carbocycles. The maximum absolute atomic E-state index is 13.8. The molecule has 0 fully saturated rings. The Bertz CT molecular complexity index is 1360. The Balaban J connectivity index is 1.56. The molecule has 1 aliphatic rings. The van der Waals surface area contributed by atoms with Crippen LogP contribution in [0.15, 0.2) is 77.7 Å². The predicted octanol–water partition coefficient (Wildman–Crippen LogP) is 4.56. The standard InChI is InChI=1S/C26H22F3N5O/c1-17-31-21-16-33(25-30-14-12-22(32-25)26(27,28)29)15-13-20(21)24(35)34(17)23(18-8-4-2-5-9-18)19-10-6-3-7-11-19/h2-12,14,23H,13,15-16H2,1H3. The molecule has 1 aliphatic heterocycles. The van der Waals surface area contributed by atoms with Crippen LogP contribution in [-0.2, 0) is 19.1 Å². The van der Waals surface area contributed by atoms with E-state index in [2.05, 4.69) is 9.97 Å². The van der Waals surface area contributed by atoms with Gasteiger partial charge in [-0.15, -0.1) is 0 Å². The molecule has 0 bridgehead atoms. The Hall–Kier alpha value is -4.01. The van der Waals surface area contributed by atoms with Gasteiger partial charge in [0, 0.05) is 18.3 Å². The van der Waals surface area contributed by atoms with E-state index < -0.39 is 11.9 Å². The summed E-state index contributed by atoms with van der Waals surface area (Å²) in [6, 6.07) is 20.0. The fourth-order valence-electron chi connectivity index (χ4n) is 4.52. The van der Waals surface area contributed by atoms with Crippen LogP contribution in [0.5, 0.6) is 0 Å². The van der Waals surface area contributed by atoms with Crippen molar-refractivity contribution in [1.29, 1.82) is 0 Å². The molecule has 2 aromatic heterocycles. The van der Waals surface area contributed by atoms with Crippen LogP contribution in [0.4, 0.5) is 19.1 Å². The first-order valence-electron chi connectivity index (χ1n) is 11.2. The first-order valence-corrected chi connectivity index (χ1v) is 11.2. The van der Waals surface area contributed by atoms with Crippen molar-refractivity contribution >= 4 is 5.95 Å². The van der Waals surface area contributed by atoms with E-state index >= 15 is 0 Å². The fourth-order valence-corrected chi connectivity index (χ4v) is 4.52. The van der Waals surface area contributed by atoms with Crippen molar-refractivity contribution < 1.29 is 13.2 Å². The summed E-state index contributed by atoms with van der Waals surface area (Å²) < 4.78 is 41.1. The Morgan fingerprint density at radius 2 is 1.54 bits per heavy atom. The Morgan fingerprint density at radius 1 is 0.914 bits per heavy atom. The highest BCUT2D eigenvalue weighted by Gasteiger charge is 2.34. The molecule has 0 amide bonds. The Kier molecular flexibility index (Phi) is 5.84. The number of halogens is 3. The lowest BCUT2D eigenvalue weighted by Gasteiger charge is -2.30. The summed E-state index contributed by atoms with van der Waals surface area (Å²) in [7, 11) is 0. The van der Waals surface area contributed by atoms with Crippen LogP contribution >= 0.6 is 0 Å². The van der Waals surface area contributed by atoms with Gasteiger partial charge in [-0.1, -0.05) is 60.7 Å². The van der Waals surface area contributed by atoms with Crippen molar-refractivity contribution in [3.63, 3.8) is 0 Å². The SMILES string of the molecule is Cc1nc2c(c(=O)n1C(c1ccccc1)c1ccccc1)CCN(c1nccc(C(F)(F)F)n1)C2. The van der Waals surface area contributed by atoms with Gasteiger partial charge in [-0.2, -0.15) is 13.2 Å². The zero-order valence-electron chi connectivity index (χ0n) is 18.9. The lowest BCUT2D eigenvalue weighted by atomic mass is 9.97. The summed E-state index contributed by atoms with van der Waals surface area (Å²) in [6.07, 6.45) is -3.13. The molecule has 178 valence electrons. The summed E-state index contributed by atoms with van der Waals surface area (Å²) in [5, 5.41) is 0. The van der Waals surface area contributed by atoms with Crippen molar-refractivity contribution in [1.82, 2.24) is 19.5 Å². The number of rotatable bonds is 4. The number of anilines is 1. The third kappa shape index (κ3) is 4.41. The van der Waals surface area contributed by atoms with Crippen molar-refractivity contribution in [2.45, 2.75) is 32.1 Å². The summed E-state index contributed by atoms with van der Waals surface area (Å²) in [5.41, 5.74) is 1.88. The minimum Gasteiger partial charge on any atom is -0.335 e. The van der Waals surface area contributed by atoms with Crippen LogP contribution in [0.2, 0.25) is 0 Å². The maximum Gasteiger partial charge on any atom is 0.433 e. The van der Waals surface area contributed by atoms with Gasteiger partial charge in [0.2, 0.25) is 5.95 Å². The number of aromatic nitrogens is 4. The molecule has 0 radical (unpaired) electrons. The van der Waals surface area contributed by atoms with E-state index in [4.69, 9.17) is 4.98 Å². The number of benzene rings is 2. The van der Waals surface area contributed by atoms with E-state index in [1.165, 1.54) is 0 Å². The lowest BCUT2D eigenvalue weighted by Crippen LogP contribution is -2.40. The summed E-state index contributed by atoms with van der Waals surface area (Å²) >= 11 is 0. The van der Waals surface area contributed by atoms with Gasteiger partial charge in [0.05, 0.1) is 18.3 Å². The highest BCUT2D eigenvalue weighted by molar-refractivity contribution is 5.39. The maximum atomic E-state index is 13.8. The molecule has 3 heterocycles. The smallest absolute Gasteiger partial charge is 0.335 e. The molecule has 4 aromatic rings. The summed E-state index contributed by atoms with van der Waals surface area (Å²) in [5.74, 6) is 0.499. The number of aryl methyl sites for hydroxylation is 1.